The quantitative estimate of drug-likeness (QED) is 0.619. The van der Waals surface area contributed by atoms with Gasteiger partial charge in [0.2, 0.25) is 0 Å². The Balaban J connectivity index is 2.23. The second kappa shape index (κ2) is 5.95. The molecule has 1 aliphatic rings. The summed E-state index contributed by atoms with van der Waals surface area (Å²) in [7, 11) is 2.92. The lowest BCUT2D eigenvalue weighted by molar-refractivity contribution is -0.141. The number of hydrogen-bond donors (Lipinski definition) is 0. The average molecular weight is 291 g/mol. The zero-order chi connectivity index (χ0) is 15.6. The summed E-state index contributed by atoms with van der Waals surface area (Å²) in [6.45, 7) is 1.67. The highest BCUT2D eigenvalue weighted by molar-refractivity contribution is 6.03. The highest BCUT2D eigenvalue weighted by atomic mass is 16.5. The number of hydrogen-bond acceptors (Lipinski definition) is 5. The molecule has 2 rings (SSSR count). The van der Waals surface area contributed by atoms with Crippen LogP contribution in [0.15, 0.2) is 18.2 Å². The molecule has 0 radical (unpaired) electrons. The van der Waals surface area contributed by atoms with Crippen LogP contribution in [-0.2, 0) is 14.3 Å². The fourth-order valence-electron chi connectivity index (χ4n) is 2.14. The van der Waals surface area contributed by atoms with E-state index in [0.717, 1.165) is 0 Å². The molecule has 0 saturated carbocycles. The molecule has 6 nitrogen and oxygen atoms in total. The van der Waals surface area contributed by atoms with Crippen molar-refractivity contribution >= 4 is 23.3 Å². The summed E-state index contributed by atoms with van der Waals surface area (Å²) >= 11 is 0. The number of benzene rings is 1. The number of anilines is 1. The first-order chi connectivity index (χ1) is 9.93. The molecule has 0 aromatic heterocycles. The number of fused-ring (bicyclic) bond motifs is 1. The van der Waals surface area contributed by atoms with E-state index in [4.69, 9.17) is 4.74 Å². The van der Waals surface area contributed by atoms with Gasteiger partial charge < -0.3 is 14.4 Å². The zero-order valence-corrected chi connectivity index (χ0v) is 12.2. The van der Waals surface area contributed by atoms with Crippen molar-refractivity contribution in [1.82, 2.24) is 0 Å². The second-order valence-electron chi connectivity index (χ2n) is 4.97. The van der Waals surface area contributed by atoms with Gasteiger partial charge in [0.25, 0.3) is 5.91 Å². The largest absolute Gasteiger partial charge is 0.482 e. The molecule has 0 spiro atoms. The second-order valence-corrected chi connectivity index (χ2v) is 4.97. The minimum atomic E-state index is -0.485. The molecule has 0 saturated heterocycles. The summed E-state index contributed by atoms with van der Waals surface area (Å²) in [6, 6.07) is 4.91. The van der Waals surface area contributed by atoms with Gasteiger partial charge >= 0.3 is 5.97 Å². The van der Waals surface area contributed by atoms with Crippen molar-refractivity contribution in [2.45, 2.75) is 13.3 Å². The molecule has 0 aliphatic carbocycles. The Hall–Kier alpha value is -2.37. The standard InChI is InChI=1S/C15H17NO5/c1-9(6-14(18)20-3)15(19)10-4-5-12-11(7-10)16(2)13(17)8-21-12/h4-5,7,9H,6,8H2,1-3H3. The van der Waals surface area contributed by atoms with Crippen LogP contribution in [0.4, 0.5) is 5.69 Å². The van der Waals surface area contributed by atoms with E-state index in [-0.39, 0.29) is 24.7 Å². The van der Waals surface area contributed by atoms with E-state index < -0.39 is 11.9 Å². The van der Waals surface area contributed by atoms with Gasteiger partial charge in [0, 0.05) is 18.5 Å². The van der Waals surface area contributed by atoms with Crippen LogP contribution >= 0.6 is 0 Å². The smallest absolute Gasteiger partial charge is 0.306 e. The van der Waals surface area contributed by atoms with Gasteiger partial charge in [0.15, 0.2) is 12.4 Å². The van der Waals surface area contributed by atoms with Gasteiger partial charge in [-0.2, -0.15) is 0 Å². The van der Waals surface area contributed by atoms with E-state index in [2.05, 4.69) is 4.74 Å². The van der Waals surface area contributed by atoms with Crippen molar-refractivity contribution in [3.8, 4) is 5.75 Å². The van der Waals surface area contributed by atoms with E-state index in [1.165, 1.54) is 12.0 Å². The van der Waals surface area contributed by atoms with Crippen molar-refractivity contribution in [2.24, 2.45) is 5.92 Å². The molecule has 1 heterocycles. The van der Waals surface area contributed by atoms with Crippen LogP contribution in [0.25, 0.3) is 0 Å². The number of likely N-dealkylation sites (N-methyl/N-ethyl adjacent to an activating group) is 1. The van der Waals surface area contributed by atoms with Crippen LogP contribution in [0.5, 0.6) is 5.75 Å². The Morgan fingerprint density at radius 1 is 1.43 bits per heavy atom. The van der Waals surface area contributed by atoms with E-state index in [1.54, 1.807) is 32.2 Å². The molecule has 0 fully saturated rings. The Bertz CT molecular complexity index is 596. The van der Waals surface area contributed by atoms with Crippen LogP contribution in [0.3, 0.4) is 0 Å². The number of ketones is 1. The van der Waals surface area contributed by atoms with Gasteiger partial charge in [-0.3, -0.25) is 14.4 Å². The van der Waals surface area contributed by atoms with Crippen LogP contribution < -0.4 is 9.64 Å². The van der Waals surface area contributed by atoms with Gasteiger partial charge in [-0.25, -0.2) is 0 Å². The molecule has 0 bridgehead atoms. The molecular formula is C15H17NO5. The van der Waals surface area contributed by atoms with E-state index in [0.29, 0.717) is 17.0 Å². The lowest BCUT2D eigenvalue weighted by Gasteiger charge is -2.26. The number of rotatable bonds is 4. The third-order valence-electron chi connectivity index (χ3n) is 3.48. The monoisotopic (exact) mass is 291 g/mol. The number of carbonyl (C=O) groups is 3. The SMILES string of the molecule is COC(=O)CC(C)C(=O)c1ccc2c(c1)N(C)C(=O)CO2. The third-order valence-corrected chi connectivity index (χ3v) is 3.48. The predicted molar refractivity (Wildman–Crippen MR) is 75.5 cm³/mol. The van der Waals surface area contributed by atoms with E-state index in [9.17, 15) is 14.4 Å². The number of nitrogens with zero attached hydrogens (tertiary/aromatic N) is 1. The maximum atomic E-state index is 12.3. The summed E-state index contributed by atoms with van der Waals surface area (Å²) in [6.07, 6.45) is 0.0255. The van der Waals surface area contributed by atoms with Crippen LogP contribution in [-0.4, -0.2) is 38.4 Å². The molecule has 6 heteroatoms. The molecule has 21 heavy (non-hydrogen) atoms. The Labute approximate surface area is 122 Å². The molecule has 1 aromatic carbocycles. The van der Waals surface area contributed by atoms with Gasteiger partial charge in [0.05, 0.1) is 19.2 Å². The molecule has 0 N–H and O–H groups in total. The van der Waals surface area contributed by atoms with Crippen LogP contribution in [0.1, 0.15) is 23.7 Å². The van der Waals surface area contributed by atoms with Crippen molar-refractivity contribution in [2.75, 3.05) is 25.7 Å². The number of esters is 1. The fourth-order valence-corrected chi connectivity index (χ4v) is 2.14. The highest BCUT2D eigenvalue weighted by Crippen LogP contribution is 2.32. The van der Waals surface area contributed by atoms with Crippen molar-refractivity contribution in [3.63, 3.8) is 0 Å². The van der Waals surface area contributed by atoms with Crippen LogP contribution in [0.2, 0.25) is 0 Å². The normalized spacial score (nSPS) is 15.0. The average Bonchev–Trinajstić information content (AvgIpc) is 2.49. The molecule has 1 aromatic rings. The number of amides is 1. The lowest BCUT2D eigenvalue weighted by atomic mass is 9.95. The first kappa shape index (κ1) is 15.0. The molecule has 1 unspecified atom stereocenters. The van der Waals surface area contributed by atoms with Gasteiger partial charge in [0.1, 0.15) is 5.75 Å². The summed E-state index contributed by atoms with van der Waals surface area (Å²) < 4.78 is 9.87. The van der Waals surface area contributed by atoms with Gasteiger partial charge in [-0.1, -0.05) is 6.92 Å². The third kappa shape index (κ3) is 3.04. The Morgan fingerprint density at radius 3 is 2.81 bits per heavy atom. The number of carbonyl (C=O) groups excluding carboxylic acids is 3. The Kier molecular flexibility index (Phi) is 4.26. The highest BCUT2D eigenvalue weighted by Gasteiger charge is 2.25. The summed E-state index contributed by atoms with van der Waals surface area (Å²) in [5.41, 5.74) is 0.998. The van der Waals surface area contributed by atoms with Crippen molar-refractivity contribution in [3.05, 3.63) is 23.8 Å². The number of methoxy groups -OCH3 is 1. The maximum Gasteiger partial charge on any atom is 0.306 e. The minimum absolute atomic E-state index is 0.00443. The number of ether oxygens (including phenoxy) is 2. The lowest BCUT2D eigenvalue weighted by Crippen LogP contribution is -2.35. The molecule has 1 atom stereocenters. The molecule has 1 aliphatic heterocycles. The fraction of sp³-hybridized carbons (Fsp3) is 0.400. The van der Waals surface area contributed by atoms with Crippen molar-refractivity contribution in [1.29, 1.82) is 0 Å². The molecule has 112 valence electrons. The van der Waals surface area contributed by atoms with Gasteiger partial charge in [-0.15, -0.1) is 0 Å². The first-order valence-electron chi connectivity index (χ1n) is 6.58. The minimum Gasteiger partial charge on any atom is -0.482 e. The topological polar surface area (TPSA) is 72.9 Å². The van der Waals surface area contributed by atoms with E-state index in [1.807, 2.05) is 0 Å². The predicted octanol–water partition coefficient (Wildman–Crippen LogP) is 1.42. The van der Waals surface area contributed by atoms with E-state index >= 15 is 0 Å². The molecule has 1 amide bonds. The van der Waals surface area contributed by atoms with Gasteiger partial charge in [-0.05, 0) is 18.2 Å². The summed E-state index contributed by atoms with van der Waals surface area (Å²) in [5.74, 6) is -0.691. The zero-order valence-electron chi connectivity index (χ0n) is 12.2. The Morgan fingerprint density at radius 2 is 2.14 bits per heavy atom. The van der Waals surface area contributed by atoms with Crippen molar-refractivity contribution < 1.29 is 23.9 Å². The number of Topliss-reactive ketones (excluding diaryl/α,β-unsaturated/α-hetero) is 1. The maximum absolute atomic E-state index is 12.3. The molecular weight excluding hydrogens is 274 g/mol. The van der Waals surface area contributed by atoms with Crippen LogP contribution in [0, 0.1) is 5.92 Å². The summed E-state index contributed by atoms with van der Waals surface area (Å²) in [5, 5.41) is 0. The summed E-state index contributed by atoms with van der Waals surface area (Å²) in [4.78, 5) is 36.6. The first-order valence-corrected chi connectivity index (χ1v) is 6.58.